The Labute approximate surface area is 91.6 Å². The first-order valence-electron chi connectivity index (χ1n) is 5.02. The predicted octanol–water partition coefficient (Wildman–Crippen LogP) is 1.73. The average Bonchev–Trinajstić information content (AvgIpc) is 2.19. The van der Waals surface area contributed by atoms with Gasteiger partial charge in [-0.3, -0.25) is 0 Å². The van der Waals surface area contributed by atoms with E-state index in [9.17, 15) is 8.42 Å². The lowest BCUT2D eigenvalue weighted by Gasteiger charge is -2.15. The van der Waals surface area contributed by atoms with Crippen LogP contribution in [0.15, 0.2) is 30.3 Å². The zero-order valence-corrected chi connectivity index (χ0v) is 9.92. The molecule has 0 aliphatic carbocycles. The lowest BCUT2D eigenvalue weighted by atomic mass is 9.97. The minimum absolute atomic E-state index is 0.251. The Morgan fingerprint density at radius 3 is 2.33 bits per heavy atom. The van der Waals surface area contributed by atoms with Gasteiger partial charge in [0.15, 0.2) is 0 Å². The van der Waals surface area contributed by atoms with Crippen LogP contribution in [0.1, 0.15) is 24.8 Å². The smallest absolute Gasteiger partial charge is 0.208 e. The van der Waals surface area contributed by atoms with Crippen LogP contribution in [0, 0.1) is 0 Å². The van der Waals surface area contributed by atoms with Gasteiger partial charge in [-0.25, -0.2) is 13.1 Å². The molecule has 0 radical (unpaired) electrons. The third kappa shape index (κ3) is 4.44. The normalized spacial score (nSPS) is 13.7. The molecule has 3 nitrogen and oxygen atoms in total. The number of nitrogens with one attached hydrogen (secondary N) is 1. The Hall–Kier alpha value is -0.870. The molecule has 84 valence electrons. The molecule has 0 aromatic heterocycles. The second kappa shape index (κ2) is 5.28. The number of hydrogen-bond donors (Lipinski definition) is 1. The van der Waals surface area contributed by atoms with Crippen molar-refractivity contribution in [1.29, 1.82) is 0 Å². The molecule has 4 heteroatoms. The topological polar surface area (TPSA) is 46.2 Å². The Bertz CT molecular complexity index is 386. The lowest BCUT2D eigenvalue weighted by Crippen LogP contribution is -2.27. The molecule has 0 unspecified atom stereocenters. The third-order valence-electron chi connectivity index (χ3n) is 2.36. The quantitative estimate of drug-likeness (QED) is 0.832. The Balaban J connectivity index is 2.66. The third-order valence-corrected chi connectivity index (χ3v) is 3.05. The van der Waals surface area contributed by atoms with Crippen molar-refractivity contribution in [2.75, 3.05) is 12.8 Å². The first kappa shape index (κ1) is 12.2. The summed E-state index contributed by atoms with van der Waals surface area (Å²) in [7, 11) is -3.09. The fraction of sp³-hybridized carbons (Fsp3) is 0.455. The molecule has 1 aromatic carbocycles. The summed E-state index contributed by atoms with van der Waals surface area (Å²) in [5.74, 6) is 0.251. The SMILES string of the molecule is CC[C@@H](CNS(C)(=O)=O)c1ccccc1. The van der Waals surface area contributed by atoms with Gasteiger partial charge >= 0.3 is 0 Å². The summed E-state index contributed by atoms with van der Waals surface area (Å²) < 4.78 is 24.5. The summed E-state index contributed by atoms with van der Waals surface area (Å²) in [6.45, 7) is 2.53. The van der Waals surface area contributed by atoms with E-state index in [2.05, 4.69) is 11.6 Å². The highest BCUT2D eigenvalue weighted by Crippen LogP contribution is 2.17. The van der Waals surface area contributed by atoms with Crippen molar-refractivity contribution in [2.45, 2.75) is 19.3 Å². The van der Waals surface area contributed by atoms with Gasteiger partial charge in [0, 0.05) is 6.54 Å². The van der Waals surface area contributed by atoms with Crippen molar-refractivity contribution in [3.63, 3.8) is 0 Å². The molecule has 0 fully saturated rings. The highest BCUT2D eigenvalue weighted by atomic mass is 32.2. The van der Waals surface area contributed by atoms with Gasteiger partial charge in [0.05, 0.1) is 6.26 Å². The van der Waals surface area contributed by atoms with Crippen LogP contribution >= 0.6 is 0 Å². The van der Waals surface area contributed by atoms with Crippen molar-refractivity contribution in [2.24, 2.45) is 0 Å². The van der Waals surface area contributed by atoms with E-state index in [1.807, 2.05) is 30.3 Å². The molecule has 0 amide bonds. The minimum atomic E-state index is -3.09. The summed E-state index contributed by atoms with van der Waals surface area (Å²) >= 11 is 0. The fourth-order valence-corrected chi connectivity index (χ4v) is 1.98. The van der Waals surface area contributed by atoms with Crippen molar-refractivity contribution < 1.29 is 8.42 Å². The van der Waals surface area contributed by atoms with Crippen molar-refractivity contribution in [3.8, 4) is 0 Å². The van der Waals surface area contributed by atoms with Crippen molar-refractivity contribution in [3.05, 3.63) is 35.9 Å². The summed E-state index contributed by atoms with van der Waals surface area (Å²) in [6, 6.07) is 9.95. The first-order chi connectivity index (χ1) is 7.03. The van der Waals surface area contributed by atoms with Gasteiger partial charge in [-0.1, -0.05) is 37.3 Å². The van der Waals surface area contributed by atoms with E-state index in [0.717, 1.165) is 6.42 Å². The van der Waals surface area contributed by atoms with Crippen LogP contribution < -0.4 is 4.72 Å². The predicted molar refractivity (Wildman–Crippen MR) is 62.3 cm³/mol. The van der Waals surface area contributed by atoms with E-state index < -0.39 is 10.0 Å². The molecule has 0 heterocycles. The van der Waals surface area contributed by atoms with E-state index in [0.29, 0.717) is 6.54 Å². The standard InChI is InChI=1S/C11H17NO2S/c1-3-10(9-12-15(2,13)14)11-7-5-4-6-8-11/h4-8,10,12H,3,9H2,1-2H3/t10-/m0/s1. The second-order valence-electron chi connectivity index (χ2n) is 3.64. The van der Waals surface area contributed by atoms with E-state index in [1.165, 1.54) is 11.8 Å². The van der Waals surface area contributed by atoms with Crippen LogP contribution in [0.5, 0.6) is 0 Å². The zero-order chi connectivity index (χ0) is 11.3. The summed E-state index contributed by atoms with van der Waals surface area (Å²) in [5.41, 5.74) is 1.18. The minimum Gasteiger partial charge on any atom is -0.215 e. The molecule has 0 bridgehead atoms. The van der Waals surface area contributed by atoms with Crippen LogP contribution in [0.2, 0.25) is 0 Å². The summed E-state index contributed by atoms with van der Waals surface area (Å²) in [6.07, 6.45) is 2.11. The van der Waals surface area contributed by atoms with Crippen LogP contribution in [0.4, 0.5) is 0 Å². The van der Waals surface area contributed by atoms with Gasteiger partial charge in [-0.15, -0.1) is 0 Å². The number of hydrogen-bond acceptors (Lipinski definition) is 2. The van der Waals surface area contributed by atoms with E-state index in [4.69, 9.17) is 0 Å². The zero-order valence-electron chi connectivity index (χ0n) is 9.10. The van der Waals surface area contributed by atoms with E-state index >= 15 is 0 Å². The lowest BCUT2D eigenvalue weighted by molar-refractivity contribution is 0.571. The van der Waals surface area contributed by atoms with Gasteiger partial charge in [-0.05, 0) is 17.9 Å². The molecule has 15 heavy (non-hydrogen) atoms. The Morgan fingerprint density at radius 1 is 1.27 bits per heavy atom. The van der Waals surface area contributed by atoms with Gasteiger partial charge < -0.3 is 0 Å². The van der Waals surface area contributed by atoms with Crippen LogP contribution in [0.3, 0.4) is 0 Å². The average molecular weight is 227 g/mol. The van der Waals surface area contributed by atoms with Crippen LogP contribution in [-0.4, -0.2) is 21.2 Å². The molecule has 0 aliphatic heterocycles. The second-order valence-corrected chi connectivity index (χ2v) is 5.47. The monoisotopic (exact) mass is 227 g/mol. The van der Waals surface area contributed by atoms with Crippen LogP contribution in [-0.2, 0) is 10.0 Å². The molecule has 0 saturated heterocycles. The first-order valence-corrected chi connectivity index (χ1v) is 6.91. The molecular formula is C11H17NO2S. The van der Waals surface area contributed by atoms with E-state index in [1.54, 1.807) is 0 Å². The molecular weight excluding hydrogens is 210 g/mol. The van der Waals surface area contributed by atoms with Crippen LogP contribution in [0.25, 0.3) is 0 Å². The Morgan fingerprint density at radius 2 is 1.87 bits per heavy atom. The molecule has 0 saturated carbocycles. The van der Waals surface area contributed by atoms with Gasteiger partial charge in [0.1, 0.15) is 0 Å². The fourth-order valence-electron chi connectivity index (χ4n) is 1.48. The van der Waals surface area contributed by atoms with Gasteiger partial charge in [-0.2, -0.15) is 0 Å². The van der Waals surface area contributed by atoms with E-state index in [-0.39, 0.29) is 5.92 Å². The maximum absolute atomic E-state index is 11.0. The number of sulfonamides is 1. The van der Waals surface area contributed by atoms with Gasteiger partial charge in [0.25, 0.3) is 0 Å². The molecule has 1 atom stereocenters. The maximum atomic E-state index is 11.0. The summed E-state index contributed by atoms with van der Waals surface area (Å²) in [4.78, 5) is 0. The molecule has 1 rings (SSSR count). The van der Waals surface area contributed by atoms with Crippen molar-refractivity contribution >= 4 is 10.0 Å². The largest absolute Gasteiger partial charge is 0.215 e. The van der Waals surface area contributed by atoms with Crippen molar-refractivity contribution in [1.82, 2.24) is 4.72 Å². The number of rotatable bonds is 5. The molecule has 1 N–H and O–H groups in total. The van der Waals surface area contributed by atoms with Gasteiger partial charge in [0.2, 0.25) is 10.0 Å². The Kier molecular flexibility index (Phi) is 4.29. The maximum Gasteiger partial charge on any atom is 0.208 e. The molecule has 1 aromatic rings. The molecule has 0 aliphatic rings. The highest BCUT2D eigenvalue weighted by molar-refractivity contribution is 7.88. The molecule has 0 spiro atoms. The number of benzene rings is 1. The summed E-state index contributed by atoms with van der Waals surface area (Å²) in [5, 5.41) is 0. The highest BCUT2D eigenvalue weighted by Gasteiger charge is 2.10.